The molecule has 1 aromatic heterocycles. The molecule has 1 aliphatic carbocycles. The number of nitrogen functional groups attached to an aromatic ring is 1. The predicted molar refractivity (Wildman–Crippen MR) is 108 cm³/mol. The third-order valence-corrected chi connectivity index (χ3v) is 5.60. The van der Waals surface area contributed by atoms with Crippen molar-refractivity contribution in [3.63, 3.8) is 0 Å². The van der Waals surface area contributed by atoms with Gasteiger partial charge in [0, 0.05) is 0 Å². The SMILES string of the molecule is CC(/C=C(\[CH]=[Mo])Nc1cc(N)ncn1)=C1/NC2(C=C(C(C)C)CCC2)NC1=O. The summed E-state index contributed by atoms with van der Waals surface area (Å²) in [5.74, 6) is 1.41. The van der Waals surface area contributed by atoms with Gasteiger partial charge in [-0.3, -0.25) is 0 Å². The molecule has 8 heteroatoms. The van der Waals surface area contributed by atoms with Crippen LogP contribution >= 0.6 is 0 Å². The quantitative estimate of drug-likeness (QED) is 0.304. The number of nitrogens with zero attached hydrogens (tertiary/aromatic N) is 2. The summed E-state index contributed by atoms with van der Waals surface area (Å²) in [5.41, 5.74) is 8.91. The average Bonchev–Trinajstić information content (AvgIpc) is 2.96. The van der Waals surface area contributed by atoms with E-state index in [2.05, 4.69) is 45.8 Å². The molecule has 1 spiro atoms. The Hall–Kier alpha value is -2.27. The molecular weight excluding hydrogens is 436 g/mol. The monoisotopic (exact) mass is 464 g/mol. The Labute approximate surface area is 176 Å². The number of nitrogens with two attached hydrogens (primary N) is 1. The Balaban J connectivity index is 1.85. The normalized spacial score (nSPS) is 23.9. The van der Waals surface area contributed by atoms with Crippen molar-refractivity contribution < 1.29 is 24.1 Å². The number of hydrogen-bond acceptors (Lipinski definition) is 6. The number of allylic oxidation sites excluding steroid dienone is 4. The number of hydrogen-bond donors (Lipinski definition) is 4. The van der Waals surface area contributed by atoms with Gasteiger partial charge in [-0.05, 0) is 0 Å². The molecule has 1 fully saturated rings. The number of carbonyl (C=O) groups excluding carboxylic acids is 1. The molecule has 7 nitrogen and oxygen atoms in total. The number of anilines is 2. The van der Waals surface area contributed by atoms with Crippen LogP contribution in [0.25, 0.3) is 0 Å². The summed E-state index contributed by atoms with van der Waals surface area (Å²) in [6, 6.07) is 1.66. The van der Waals surface area contributed by atoms with E-state index in [1.54, 1.807) is 6.07 Å². The van der Waals surface area contributed by atoms with E-state index in [1.165, 1.54) is 11.9 Å². The molecule has 3 rings (SSSR count). The van der Waals surface area contributed by atoms with Crippen LogP contribution in [0.5, 0.6) is 0 Å². The fourth-order valence-electron chi connectivity index (χ4n) is 3.53. The van der Waals surface area contributed by atoms with E-state index in [0.29, 0.717) is 23.3 Å². The standard InChI is InChI=1S/C20H26N6O.Mo/c1-12(2)15-6-5-7-20(10-15)25-18(19(27)26-20)13(3)8-14(4)24-17-9-16(21)22-11-23-17;/h4,8-12,25H,5-7H2,1-3H3,(H,26,27)(H3,21,22,23,24);/b14-8+,18-13-;. The molecule has 1 unspecified atom stereocenters. The van der Waals surface area contributed by atoms with Crippen molar-refractivity contribution >= 4 is 21.9 Å². The Morgan fingerprint density at radius 3 is 2.86 bits per heavy atom. The summed E-state index contributed by atoms with van der Waals surface area (Å²) in [5, 5.41) is 9.81. The third-order valence-electron chi connectivity index (χ3n) is 4.98. The van der Waals surface area contributed by atoms with Crippen LogP contribution in [0.15, 0.2) is 47.1 Å². The van der Waals surface area contributed by atoms with E-state index >= 15 is 0 Å². The number of nitrogens with one attached hydrogen (secondary N) is 3. The third kappa shape index (κ3) is 4.58. The molecule has 28 heavy (non-hydrogen) atoms. The summed E-state index contributed by atoms with van der Waals surface area (Å²) in [6.45, 7) is 6.32. The molecule has 148 valence electrons. The van der Waals surface area contributed by atoms with Gasteiger partial charge < -0.3 is 0 Å². The molecule has 1 amide bonds. The van der Waals surface area contributed by atoms with Crippen LogP contribution in [0, 0.1) is 5.92 Å². The fourth-order valence-corrected chi connectivity index (χ4v) is 3.84. The van der Waals surface area contributed by atoms with Crippen LogP contribution in [0.4, 0.5) is 11.6 Å². The van der Waals surface area contributed by atoms with E-state index in [-0.39, 0.29) is 5.91 Å². The molecule has 0 aromatic carbocycles. The van der Waals surface area contributed by atoms with Crippen LogP contribution in [-0.2, 0) is 24.1 Å². The first-order chi connectivity index (χ1) is 13.3. The van der Waals surface area contributed by atoms with E-state index in [9.17, 15) is 4.79 Å². The molecule has 0 bridgehead atoms. The van der Waals surface area contributed by atoms with E-state index in [4.69, 9.17) is 5.73 Å². The van der Waals surface area contributed by atoms with Gasteiger partial charge in [0.1, 0.15) is 0 Å². The van der Waals surface area contributed by atoms with E-state index in [1.807, 2.05) is 36.8 Å². The molecule has 5 N–H and O–H groups in total. The van der Waals surface area contributed by atoms with E-state index < -0.39 is 5.66 Å². The van der Waals surface area contributed by atoms with Gasteiger partial charge in [-0.25, -0.2) is 0 Å². The topological polar surface area (TPSA) is 105 Å². The minimum atomic E-state index is -0.468. The maximum atomic E-state index is 12.7. The van der Waals surface area contributed by atoms with Crippen LogP contribution < -0.4 is 21.7 Å². The Morgan fingerprint density at radius 2 is 2.18 bits per heavy atom. The van der Waals surface area contributed by atoms with Gasteiger partial charge in [-0.15, -0.1) is 0 Å². The Morgan fingerprint density at radius 1 is 1.39 bits per heavy atom. The summed E-state index contributed by atoms with van der Waals surface area (Å²) < 4.78 is 1.93. The zero-order valence-corrected chi connectivity index (χ0v) is 18.4. The first kappa shape index (κ1) is 20.5. The first-order valence-electron chi connectivity index (χ1n) is 9.36. The van der Waals surface area contributed by atoms with Crippen molar-refractivity contribution in [2.45, 2.75) is 45.7 Å². The Kier molecular flexibility index (Phi) is 6.13. The van der Waals surface area contributed by atoms with Crippen LogP contribution in [0.3, 0.4) is 0 Å². The molecule has 1 atom stereocenters. The van der Waals surface area contributed by atoms with Gasteiger partial charge in [0.15, 0.2) is 0 Å². The molecule has 2 heterocycles. The number of aromatic nitrogens is 2. The van der Waals surface area contributed by atoms with Crippen LogP contribution in [-0.4, -0.2) is 25.9 Å². The summed E-state index contributed by atoms with van der Waals surface area (Å²) in [4.78, 5) is 20.7. The second kappa shape index (κ2) is 8.39. The average molecular weight is 462 g/mol. The molecule has 0 radical (unpaired) electrons. The van der Waals surface area contributed by atoms with Gasteiger partial charge in [0.2, 0.25) is 0 Å². The summed E-state index contributed by atoms with van der Waals surface area (Å²) in [7, 11) is 0. The zero-order chi connectivity index (χ0) is 20.3. The number of amides is 1. The van der Waals surface area contributed by atoms with Gasteiger partial charge in [0.25, 0.3) is 0 Å². The molecule has 2 aliphatic rings. The van der Waals surface area contributed by atoms with Crippen LogP contribution in [0.2, 0.25) is 0 Å². The predicted octanol–water partition coefficient (Wildman–Crippen LogP) is 2.16. The fraction of sp³-hybridized carbons (Fsp3) is 0.400. The van der Waals surface area contributed by atoms with Crippen LogP contribution in [0.1, 0.15) is 40.0 Å². The van der Waals surface area contributed by atoms with Crippen molar-refractivity contribution in [3.8, 4) is 0 Å². The van der Waals surface area contributed by atoms with Crippen molar-refractivity contribution in [1.82, 2.24) is 20.6 Å². The van der Waals surface area contributed by atoms with Crippen molar-refractivity contribution in [3.05, 3.63) is 47.1 Å². The minimum absolute atomic E-state index is 0.0716. The molecule has 1 saturated heterocycles. The second-order valence-corrected chi connectivity index (χ2v) is 8.09. The van der Waals surface area contributed by atoms with Gasteiger partial charge >= 0.3 is 176 Å². The molecule has 0 saturated carbocycles. The molecule has 1 aromatic rings. The zero-order valence-electron chi connectivity index (χ0n) is 16.4. The van der Waals surface area contributed by atoms with Crippen molar-refractivity contribution in [2.75, 3.05) is 11.1 Å². The van der Waals surface area contributed by atoms with Gasteiger partial charge in [-0.2, -0.15) is 0 Å². The summed E-state index contributed by atoms with van der Waals surface area (Å²) in [6.07, 6.45) is 8.59. The number of rotatable bonds is 5. The number of carbonyl (C=O) groups is 1. The first-order valence-corrected chi connectivity index (χ1v) is 10.5. The van der Waals surface area contributed by atoms with Gasteiger partial charge in [0.05, 0.1) is 0 Å². The van der Waals surface area contributed by atoms with Crippen molar-refractivity contribution in [1.29, 1.82) is 0 Å². The second-order valence-electron chi connectivity index (χ2n) is 7.51. The maximum absolute atomic E-state index is 12.7. The molecular formula is C20H26MoN6O. The summed E-state index contributed by atoms with van der Waals surface area (Å²) >= 11 is 1.84. The molecule has 1 aliphatic heterocycles. The van der Waals surface area contributed by atoms with Gasteiger partial charge in [-0.1, -0.05) is 0 Å². The van der Waals surface area contributed by atoms with E-state index in [0.717, 1.165) is 30.5 Å². The Bertz CT molecular complexity index is 888. The van der Waals surface area contributed by atoms with Crippen molar-refractivity contribution in [2.24, 2.45) is 5.92 Å².